The Morgan fingerprint density at radius 1 is 1.11 bits per heavy atom. The molecule has 0 saturated heterocycles. The highest BCUT2D eigenvalue weighted by Gasteiger charge is 2.51. The summed E-state index contributed by atoms with van der Waals surface area (Å²) in [6.45, 7) is 3.18. The van der Waals surface area contributed by atoms with Crippen molar-refractivity contribution in [3.63, 3.8) is 0 Å². The number of thioether (sulfide) groups is 1. The third-order valence-corrected chi connectivity index (χ3v) is 8.35. The van der Waals surface area contributed by atoms with Gasteiger partial charge in [0.1, 0.15) is 11.6 Å². The zero-order valence-corrected chi connectivity index (χ0v) is 17.9. The van der Waals surface area contributed by atoms with Gasteiger partial charge in [0, 0.05) is 18.7 Å². The van der Waals surface area contributed by atoms with E-state index in [-0.39, 0.29) is 0 Å². The van der Waals surface area contributed by atoms with Crippen molar-refractivity contribution < 1.29 is 4.74 Å². The Labute approximate surface area is 172 Å². The molecule has 28 heavy (non-hydrogen) atoms. The van der Waals surface area contributed by atoms with Gasteiger partial charge in [-0.05, 0) is 86.3 Å². The molecule has 2 aromatic rings. The van der Waals surface area contributed by atoms with Gasteiger partial charge in [0.05, 0.1) is 7.11 Å². The number of benzene rings is 1. The molecule has 1 aromatic carbocycles. The molecule has 0 unspecified atom stereocenters. The predicted octanol–water partition coefficient (Wildman–Crippen LogP) is 5.36. The van der Waals surface area contributed by atoms with Crippen molar-refractivity contribution in [3.05, 3.63) is 35.7 Å². The smallest absolute Gasteiger partial charge is 0.191 e. The maximum Gasteiger partial charge on any atom is 0.191 e. The van der Waals surface area contributed by atoms with Crippen molar-refractivity contribution in [2.75, 3.05) is 7.11 Å². The number of nitrogens with zero attached hydrogens (tertiary/aromatic N) is 3. The van der Waals surface area contributed by atoms with E-state index in [1.807, 2.05) is 6.07 Å². The summed E-state index contributed by atoms with van der Waals surface area (Å²) in [5.41, 5.74) is 1.78. The summed E-state index contributed by atoms with van der Waals surface area (Å²) in [5, 5.41) is 10.3. The summed E-state index contributed by atoms with van der Waals surface area (Å²) in [6, 6.07) is 8.30. The van der Waals surface area contributed by atoms with Crippen molar-refractivity contribution in [2.24, 2.45) is 23.2 Å². The third kappa shape index (κ3) is 3.47. The van der Waals surface area contributed by atoms with E-state index in [4.69, 9.17) is 4.74 Å². The second-order valence-corrected chi connectivity index (χ2v) is 10.3. The van der Waals surface area contributed by atoms with Crippen LogP contribution in [0.3, 0.4) is 0 Å². The molecular formula is C23H31N3OS. The van der Waals surface area contributed by atoms with Crippen molar-refractivity contribution in [2.45, 2.75) is 69.3 Å². The van der Waals surface area contributed by atoms with Crippen molar-refractivity contribution in [1.29, 1.82) is 0 Å². The summed E-state index contributed by atoms with van der Waals surface area (Å²) in [7, 11) is 1.72. The zero-order valence-electron chi connectivity index (χ0n) is 17.1. The van der Waals surface area contributed by atoms with Gasteiger partial charge in [-0.2, -0.15) is 0 Å². The van der Waals surface area contributed by atoms with Gasteiger partial charge in [0.15, 0.2) is 5.16 Å². The molecule has 6 rings (SSSR count). The Morgan fingerprint density at radius 2 is 1.82 bits per heavy atom. The highest BCUT2D eigenvalue weighted by atomic mass is 32.2. The van der Waals surface area contributed by atoms with Crippen LogP contribution in [0.2, 0.25) is 0 Å². The monoisotopic (exact) mass is 397 g/mol. The minimum atomic E-state index is 0.517. The zero-order chi connectivity index (χ0) is 19.1. The standard InChI is InChI=1S/C23H31N3OS/c1-3-26-21(14-23-11-17-7-18(12-23)9-19(8-17)13-23)24-25-22(26)28-15-16-5-4-6-20(10-16)27-2/h4-6,10,17-19H,3,7-9,11-15H2,1-2H3. The number of aromatic nitrogens is 3. The van der Waals surface area contributed by atoms with E-state index < -0.39 is 0 Å². The van der Waals surface area contributed by atoms with E-state index in [9.17, 15) is 0 Å². The highest BCUT2D eigenvalue weighted by Crippen LogP contribution is 2.61. The molecule has 4 nitrogen and oxygen atoms in total. The van der Waals surface area contributed by atoms with E-state index in [0.29, 0.717) is 5.41 Å². The summed E-state index contributed by atoms with van der Waals surface area (Å²) < 4.78 is 7.71. The van der Waals surface area contributed by atoms with E-state index >= 15 is 0 Å². The van der Waals surface area contributed by atoms with Crippen molar-refractivity contribution in [1.82, 2.24) is 14.8 Å². The molecule has 150 valence electrons. The van der Waals surface area contributed by atoms with Crippen LogP contribution in [-0.2, 0) is 18.7 Å². The fourth-order valence-corrected chi connectivity index (χ4v) is 7.59. The lowest BCUT2D eigenvalue weighted by molar-refractivity contribution is -0.0536. The van der Waals surface area contributed by atoms with Crippen LogP contribution in [-0.4, -0.2) is 21.9 Å². The molecule has 4 aliphatic rings. The predicted molar refractivity (Wildman–Crippen MR) is 113 cm³/mol. The summed E-state index contributed by atoms with van der Waals surface area (Å²) in [6.07, 6.45) is 9.94. The molecule has 0 amide bonds. The summed E-state index contributed by atoms with van der Waals surface area (Å²) in [5.74, 6) is 6.01. The third-order valence-electron chi connectivity index (χ3n) is 7.31. The highest BCUT2D eigenvalue weighted by molar-refractivity contribution is 7.98. The van der Waals surface area contributed by atoms with Crippen LogP contribution in [0, 0.1) is 23.2 Å². The number of hydrogen-bond donors (Lipinski definition) is 0. The molecule has 0 atom stereocenters. The Kier molecular flexibility index (Phi) is 4.90. The molecule has 4 saturated carbocycles. The van der Waals surface area contributed by atoms with Gasteiger partial charge < -0.3 is 9.30 Å². The van der Waals surface area contributed by atoms with E-state index in [1.165, 1.54) is 49.9 Å². The maximum absolute atomic E-state index is 5.35. The first kappa shape index (κ1) is 18.5. The van der Waals surface area contributed by atoms with Gasteiger partial charge >= 0.3 is 0 Å². The molecule has 5 heteroatoms. The van der Waals surface area contributed by atoms with Crippen LogP contribution in [0.15, 0.2) is 29.4 Å². The van der Waals surface area contributed by atoms with Crippen LogP contribution in [0.1, 0.15) is 56.8 Å². The van der Waals surface area contributed by atoms with Gasteiger partial charge in [-0.3, -0.25) is 0 Å². The molecular weight excluding hydrogens is 366 g/mol. The average Bonchev–Trinajstić information content (AvgIpc) is 3.06. The molecule has 1 aromatic heterocycles. The average molecular weight is 398 g/mol. The lowest BCUT2D eigenvalue weighted by Gasteiger charge is -2.56. The molecule has 1 heterocycles. The van der Waals surface area contributed by atoms with Crippen molar-refractivity contribution in [3.8, 4) is 5.75 Å². The van der Waals surface area contributed by atoms with Crippen LogP contribution in [0.5, 0.6) is 5.75 Å². The first-order valence-corrected chi connectivity index (χ1v) is 11.8. The largest absolute Gasteiger partial charge is 0.497 e. The second-order valence-electron chi connectivity index (χ2n) is 9.38. The lowest BCUT2D eigenvalue weighted by Crippen LogP contribution is -2.47. The quantitative estimate of drug-likeness (QED) is 0.590. The minimum Gasteiger partial charge on any atom is -0.497 e. The van der Waals surface area contributed by atoms with E-state index in [0.717, 1.165) is 47.4 Å². The molecule has 0 spiro atoms. The lowest BCUT2D eigenvalue weighted by atomic mass is 9.49. The molecule has 4 bridgehead atoms. The van der Waals surface area contributed by atoms with Gasteiger partial charge in [0.2, 0.25) is 0 Å². The van der Waals surface area contributed by atoms with Crippen LogP contribution in [0.25, 0.3) is 0 Å². The molecule has 0 radical (unpaired) electrons. The second kappa shape index (κ2) is 7.40. The number of methoxy groups -OCH3 is 1. The van der Waals surface area contributed by atoms with Gasteiger partial charge in [-0.25, -0.2) is 0 Å². The molecule has 0 N–H and O–H groups in total. The van der Waals surface area contributed by atoms with Crippen LogP contribution in [0.4, 0.5) is 0 Å². The number of rotatable bonds is 7. The summed E-state index contributed by atoms with van der Waals surface area (Å²) in [4.78, 5) is 0. The Morgan fingerprint density at radius 3 is 2.46 bits per heavy atom. The van der Waals surface area contributed by atoms with E-state index in [2.05, 4.69) is 39.9 Å². The first-order valence-electron chi connectivity index (χ1n) is 10.8. The molecule has 4 fully saturated rings. The fourth-order valence-electron chi connectivity index (χ4n) is 6.63. The Balaban J connectivity index is 1.31. The maximum atomic E-state index is 5.35. The topological polar surface area (TPSA) is 39.9 Å². The Bertz CT molecular complexity index is 811. The first-order chi connectivity index (χ1) is 13.7. The van der Waals surface area contributed by atoms with Gasteiger partial charge in [-0.1, -0.05) is 23.9 Å². The number of ether oxygens (including phenoxy) is 1. The van der Waals surface area contributed by atoms with Crippen LogP contribution >= 0.6 is 11.8 Å². The SMILES string of the molecule is CCn1c(CC23CC4CC(CC(C4)C2)C3)nnc1SCc1cccc(OC)c1. The summed E-state index contributed by atoms with van der Waals surface area (Å²) >= 11 is 1.79. The fraction of sp³-hybridized carbons (Fsp3) is 0.652. The van der Waals surface area contributed by atoms with Crippen molar-refractivity contribution >= 4 is 11.8 Å². The molecule has 0 aliphatic heterocycles. The normalized spacial score (nSPS) is 30.7. The van der Waals surface area contributed by atoms with Gasteiger partial charge in [0.25, 0.3) is 0 Å². The minimum absolute atomic E-state index is 0.517. The van der Waals surface area contributed by atoms with Gasteiger partial charge in [-0.15, -0.1) is 10.2 Å². The van der Waals surface area contributed by atoms with Crippen LogP contribution < -0.4 is 4.74 Å². The Hall–Kier alpha value is -1.49. The van der Waals surface area contributed by atoms with E-state index in [1.54, 1.807) is 18.9 Å². The molecule has 4 aliphatic carbocycles. The number of hydrogen-bond acceptors (Lipinski definition) is 4.